The van der Waals surface area contributed by atoms with Gasteiger partial charge in [0.15, 0.2) is 0 Å². The maximum absolute atomic E-state index is 14.2. The van der Waals surface area contributed by atoms with Crippen LogP contribution in [0.3, 0.4) is 0 Å². The Morgan fingerprint density at radius 3 is 2.75 bits per heavy atom. The number of unbranched alkanes of at least 4 members (excludes halogenated alkanes) is 3. The van der Waals surface area contributed by atoms with Crippen LogP contribution < -0.4 is 9.62 Å². The number of fused-ring (bicyclic) bond motifs is 2. The van der Waals surface area contributed by atoms with Crippen LogP contribution in [0.2, 0.25) is 5.02 Å². The first-order chi connectivity index (χ1) is 13.5. The number of aliphatic carboxylic acids is 1. The van der Waals surface area contributed by atoms with E-state index in [2.05, 4.69) is 21.8 Å². The second-order valence-electron chi connectivity index (χ2n) is 6.90. The summed E-state index contributed by atoms with van der Waals surface area (Å²) < 4.78 is 16.3. The molecule has 0 spiro atoms. The van der Waals surface area contributed by atoms with Crippen molar-refractivity contribution >= 4 is 35.2 Å². The first-order valence-corrected chi connectivity index (χ1v) is 10.6. The van der Waals surface area contributed by atoms with Crippen molar-refractivity contribution in [1.82, 2.24) is 5.32 Å². The number of carboxylic acid groups (broad SMARTS) is 1. The zero-order chi connectivity index (χ0) is 20.1. The van der Waals surface area contributed by atoms with Crippen molar-refractivity contribution in [3.05, 3.63) is 58.4 Å². The number of carboxylic acids is 1. The first-order valence-electron chi connectivity index (χ1n) is 9.42. The van der Waals surface area contributed by atoms with Gasteiger partial charge in [-0.2, -0.15) is 0 Å². The molecule has 0 amide bonds. The van der Waals surface area contributed by atoms with Crippen LogP contribution in [0.4, 0.5) is 10.1 Å². The number of hydrogen-bond acceptors (Lipinski definition) is 4. The van der Waals surface area contributed by atoms with Crippen LogP contribution in [0.1, 0.15) is 49.3 Å². The van der Waals surface area contributed by atoms with Crippen molar-refractivity contribution in [2.45, 2.75) is 43.0 Å². The average molecular weight is 423 g/mol. The molecule has 1 atom stereocenters. The Balaban J connectivity index is 1.76. The number of para-hydroxylation sites is 1. The molecule has 0 saturated carbocycles. The van der Waals surface area contributed by atoms with Crippen LogP contribution in [-0.2, 0) is 4.79 Å². The molecule has 28 heavy (non-hydrogen) atoms. The van der Waals surface area contributed by atoms with Gasteiger partial charge in [0, 0.05) is 18.4 Å². The maximum atomic E-state index is 14.2. The Morgan fingerprint density at radius 2 is 1.96 bits per heavy atom. The van der Waals surface area contributed by atoms with Gasteiger partial charge in [-0.15, -0.1) is 0 Å². The van der Waals surface area contributed by atoms with Gasteiger partial charge in [0.25, 0.3) is 0 Å². The van der Waals surface area contributed by atoms with Crippen molar-refractivity contribution in [3.63, 3.8) is 0 Å². The third kappa shape index (κ3) is 4.99. The summed E-state index contributed by atoms with van der Waals surface area (Å²) in [5.41, 5.74) is 3.07. The summed E-state index contributed by atoms with van der Waals surface area (Å²) in [5, 5.41) is 12.4. The number of benzene rings is 2. The highest BCUT2D eigenvalue weighted by Crippen LogP contribution is 2.44. The molecule has 2 aromatic rings. The summed E-state index contributed by atoms with van der Waals surface area (Å²) in [6, 6.07) is 11.2. The minimum Gasteiger partial charge on any atom is -0.481 e. The van der Waals surface area contributed by atoms with Gasteiger partial charge in [0.1, 0.15) is 5.82 Å². The SMILES string of the molecule is CN1Sc2cc(Cl)c(F)cc2C(NCCCCCCC(=O)O)c2ccccc21. The van der Waals surface area contributed by atoms with E-state index < -0.39 is 11.8 Å². The lowest BCUT2D eigenvalue weighted by Crippen LogP contribution is -2.24. The third-order valence-electron chi connectivity index (χ3n) is 4.85. The molecule has 2 N–H and O–H groups in total. The molecule has 4 nitrogen and oxygen atoms in total. The third-order valence-corrected chi connectivity index (χ3v) is 6.16. The molecule has 150 valence electrons. The van der Waals surface area contributed by atoms with Crippen molar-refractivity contribution in [3.8, 4) is 0 Å². The lowest BCUT2D eigenvalue weighted by Gasteiger charge is -2.22. The topological polar surface area (TPSA) is 52.6 Å². The van der Waals surface area contributed by atoms with Crippen LogP contribution in [0.5, 0.6) is 0 Å². The summed E-state index contributed by atoms with van der Waals surface area (Å²) in [7, 11) is 2.00. The molecule has 1 aliphatic rings. The normalized spacial score (nSPS) is 15.7. The van der Waals surface area contributed by atoms with Crippen molar-refractivity contribution < 1.29 is 14.3 Å². The lowest BCUT2D eigenvalue weighted by atomic mass is 9.96. The van der Waals surface area contributed by atoms with E-state index in [9.17, 15) is 9.18 Å². The maximum Gasteiger partial charge on any atom is 0.303 e. The summed E-state index contributed by atoms with van der Waals surface area (Å²) in [6.45, 7) is 0.768. The van der Waals surface area contributed by atoms with Crippen LogP contribution in [0, 0.1) is 5.82 Å². The minimum atomic E-state index is -0.743. The zero-order valence-corrected chi connectivity index (χ0v) is 17.3. The predicted octanol–water partition coefficient (Wildman–Crippen LogP) is 5.65. The molecule has 0 aliphatic carbocycles. The predicted molar refractivity (Wildman–Crippen MR) is 113 cm³/mol. The number of anilines is 1. The molecule has 2 aromatic carbocycles. The van der Waals surface area contributed by atoms with E-state index in [0.717, 1.165) is 47.5 Å². The van der Waals surface area contributed by atoms with Crippen LogP contribution in [0.15, 0.2) is 41.3 Å². The lowest BCUT2D eigenvalue weighted by molar-refractivity contribution is -0.137. The van der Waals surface area contributed by atoms with Gasteiger partial charge in [-0.1, -0.05) is 42.6 Å². The summed E-state index contributed by atoms with van der Waals surface area (Å²) in [5.74, 6) is -1.16. The van der Waals surface area contributed by atoms with E-state index in [-0.39, 0.29) is 17.5 Å². The Morgan fingerprint density at radius 1 is 1.21 bits per heavy atom. The highest BCUT2D eigenvalue weighted by atomic mass is 35.5. The zero-order valence-electron chi connectivity index (χ0n) is 15.8. The highest BCUT2D eigenvalue weighted by Gasteiger charge is 2.27. The molecule has 0 bridgehead atoms. The molecule has 0 fully saturated rings. The van der Waals surface area contributed by atoms with Gasteiger partial charge in [-0.3, -0.25) is 4.79 Å². The van der Waals surface area contributed by atoms with Crippen LogP contribution >= 0.6 is 23.5 Å². The largest absolute Gasteiger partial charge is 0.481 e. The van der Waals surface area contributed by atoms with E-state index >= 15 is 0 Å². The van der Waals surface area contributed by atoms with Crippen LogP contribution in [0.25, 0.3) is 0 Å². The van der Waals surface area contributed by atoms with Gasteiger partial charge < -0.3 is 14.7 Å². The number of nitrogens with zero attached hydrogens (tertiary/aromatic N) is 1. The molecule has 1 heterocycles. The van der Waals surface area contributed by atoms with Crippen molar-refractivity contribution in [2.24, 2.45) is 0 Å². The molecule has 0 aromatic heterocycles. The Labute approximate surface area is 174 Å². The number of carbonyl (C=O) groups is 1. The fourth-order valence-electron chi connectivity index (χ4n) is 3.45. The molecule has 0 radical (unpaired) electrons. The molecule has 7 heteroatoms. The quantitative estimate of drug-likeness (QED) is 0.425. The minimum absolute atomic E-state index is 0.128. The van der Waals surface area contributed by atoms with E-state index in [1.54, 1.807) is 18.0 Å². The average Bonchev–Trinajstić information content (AvgIpc) is 2.77. The number of halogens is 2. The second kappa shape index (κ2) is 9.63. The highest BCUT2D eigenvalue weighted by molar-refractivity contribution is 8.00. The summed E-state index contributed by atoms with van der Waals surface area (Å²) >= 11 is 7.58. The standard InChI is InChI=1S/C21H24ClFN2O2S/c1-25-18-9-6-5-8-14(18)21(24-11-7-3-2-4-10-20(26)27)15-12-17(23)16(22)13-19(15)28-25/h5-6,8-9,12-13,21,24H,2-4,7,10-11H2,1H3,(H,26,27). The molecule has 1 unspecified atom stereocenters. The fraction of sp³-hybridized carbons (Fsp3) is 0.381. The Kier molecular flexibility index (Phi) is 7.21. The number of rotatable bonds is 8. The van der Waals surface area contributed by atoms with Crippen LogP contribution in [-0.4, -0.2) is 24.7 Å². The van der Waals surface area contributed by atoms with Gasteiger partial charge >= 0.3 is 5.97 Å². The molecule has 3 rings (SSSR count). The molecule has 1 aliphatic heterocycles. The number of nitrogens with one attached hydrogen (secondary N) is 1. The Bertz CT molecular complexity index is 849. The van der Waals surface area contributed by atoms with E-state index in [4.69, 9.17) is 16.7 Å². The van der Waals surface area contributed by atoms with Crippen molar-refractivity contribution in [1.29, 1.82) is 0 Å². The second-order valence-corrected chi connectivity index (χ2v) is 8.47. The molecule has 0 saturated heterocycles. The summed E-state index contributed by atoms with van der Waals surface area (Å²) in [4.78, 5) is 11.5. The molecular weight excluding hydrogens is 399 g/mol. The fourth-order valence-corrected chi connectivity index (χ4v) is 4.69. The van der Waals surface area contributed by atoms with Gasteiger partial charge in [0.2, 0.25) is 0 Å². The monoisotopic (exact) mass is 422 g/mol. The van der Waals surface area contributed by atoms with E-state index in [1.165, 1.54) is 6.07 Å². The van der Waals surface area contributed by atoms with Gasteiger partial charge in [-0.25, -0.2) is 4.39 Å². The van der Waals surface area contributed by atoms with Gasteiger partial charge in [-0.05, 0) is 60.7 Å². The van der Waals surface area contributed by atoms with E-state index in [0.29, 0.717) is 6.42 Å². The smallest absolute Gasteiger partial charge is 0.303 e. The van der Waals surface area contributed by atoms with Crippen molar-refractivity contribution in [2.75, 3.05) is 17.9 Å². The van der Waals surface area contributed by atoms with Gasteiger partial charge in [0.05, 0.1) is 16.8 Å². The number of hydrogen-bond donors (Lipinski definition) is 2. The first kappa shape index (κ1) is 21.0. The molecular formula is C21H24ClFN2O2S. The summed E-state index contributed by atoms with van der Waals surface area (Å²) in [6.07, 6.45) is 3.72. The Hall–Kier alpha value is -1.76. The van der Waals surface area contributed by atoms with E-state index in [1.807, 2.05) is 19.2 Å².